The molecule has 0 amide bonds. The van der Waals surface area contributed by atoms with Crippen molar-refractivity contribution in [3.8, 4) is 11.5 Å². The van der Waals surface area contributed by atoms with E-state index in [0.717, 1.165) is 11.1 Å². The van der Waals surface area contributed by atoms with E-state index in [0.29, 0.717) is 5.75 Å². The first-order valence-corrected chi connectivity index (χ1v) is 11.2. The molecule has 1 N–H and O–H groups in total. The third kappa shape index (κ3) is 5.09. The third-order valence-corrected chi connectivity index (χ3v) is 5.92. The second-order valence-corrected chi connectivity index (χ2v) is 9.16. The molecule has 1 atom stereocenters. The van der Waals surface area contributed by atoms with E-state index in [1.165, 1.54) is 5.56 Å². The molecule has 0 fully saturated rings. The average Bonchev–Trinajstić information content (AvgIpc) is 2.68. The fourth-order valence-corrected chi connectivity index (χ4v) is 4.11. The lowest BCUT2D eigenvalue weighted by atomic mass is 9.78. The molecule has 29 heavy (non-hydrogen) atoms. The molecule has 0 saturated carbocycles. The SMILES string of the molecule is CC(C)c1ccccc1OP(=O)(O)Oc1ccc(C(C)(C)c2ccccc2)cc1. The lowest BCUT2D eigenvalue weighted by molar-refractivity contribution is 0.289. The molecule has 0 spiro atoms. The molecule has 0 bridgehead atoms. The molecule has 0 radical (unpaired) electrons. The summed E-state index contributed by atoms with van der Waals surface area (Å²) in [7, 11) is -4.32. The molecule has 1 unspecified atom stereocenters. The van der Waals surface area contributed by atoms with Crippen LogP contribution in [0, 0.1) is 0 Å². The minimum atomic E-state index is -4.32. The number of benzene rings is 3. The molecule has 3 rings (SSSR count). The van der Waals surface area contributed by atoms with Crippen LogP contribution in [0.5, 0.6) is 11.5 Å². The maximum Gasteiger partial charge on any atom is 0.584 e. The van der Waals surface area contributed by atoms with E-state index >= 15 is 0 Å². The summed E-state index contributed by atoms with van der Waals surface area (Å²) in [5, 5.41) is 0. The van der Waals surface area contributed by atoms with Crippen molar-refractivity contribution >= 4 is 7.82 Å². The van der Waals surface area contributed by atoms with Crippen LogP contribution in [0.2, 0.25) is 0 Å². The van der Waals surface area contributed by atoms with E-state index in [-0.39, 0.29) is 17.1 Å². The standard InChI is InChI=1S/C24H27O4P/c1-18(2)22-12-8-9-13-23(22)28-29(25,26)27-21-16-14-20(15-17-21)24(3,4)19-10-6-5-7-11-19/h5-18H,1-4H3,(H,25,26). The second kappa shape index (κ2) is 8.44. The van der Waals surface area contributed by atoms with Gasteiger partial charge in [0.1, 0.15) is 11.5 Å². The number of phosphoric acid groups is 1. The van der Waals surface area contributed by atoms with E-state index < -0.39 is 7.82 Å². The zero-order chi connectivity index (χ0) is 21.1. The first kappa shape index (κ1) is 21.2. The molecule has 0 saturated heterocycles. The summed E-state index contributed by atoms with van der Waals surface area (Å²) in [4.78, 5) is 10.2. The highest BCUT2D eigenvalue weighted by Gasteiger charge is 2.28. The molecule has 5 heteroatoms. The van der Waals surface area contributed by atoms with Gasteiger partial charge in [0.05, 0.1) is 0 Å². The fourth-order valence-electron chi connectivity index (χ4n) is 3.27. The lowest BCUT2D eigenvalue weighted by Crippen LogP contribution is -2.18. The van der Waals surface area contributed by atoms with Crippen molar-refractivity contribution in [3.63, 3.8) is 0 Å². The van der Waals surface area contributed by atoms with Gasteiger partial charge in [-0.3, -0.25) is 4.89 Å². The van der Waals surface area contributed by atoms with Gasteiger partial charge in [0.25, 0.3) is 0 Å². The van der Waals surface area contributed by atoms with Crippen molar-refractivity contribution in [2.75, 3.05) is 0 Å². The van der Waals surface area contributed by atoms with E-state index in [1.54, 1.807) is 24.3 Å². The molecule has 3 aromatic carbocycles. The summed E-state index contributed by atoms with van der Waals surface area (Å²) in [5.41, 5.74) is 2.92. The predicted octanol–water partition coefficient (Wildman–Crippen LogP) is 6.69. The van der Waals surface area contributed by atoms with Crippen molar-refractivity contribution in [2.24, 2.45) is 0 Å². The Morgan fingerprint density at radius 1 is 0.793 bits per heavy atom. The first-order chi connectivity index (χ1) is 13.7. The molecule has 0 aliphatic rings. The Kier molecular flexibility index (Phi) is 6.16. The number of para-hydroxylation sites is 1. The van der Waals surface area contributed by atoms with Crippen LogP contribution in [0.1, 0.15) is 50.3 Å². The maximum absolute atomic E-state index is 12.5. The Labute approximate surface area is 172 Å². The zero-order valence-electron chi connectivity index (χ0n) is 17.2. The van der Waals surface area contributed by atoms with Gasteiger partial charge in [-0.25, -0.2) is 4.57 Å². The Morgan fingerprint density at radius 2 is 1.34 bits per heavy atom. The van der Waals surface area contributed by atoms with Crippen molar-refractivity contribution in [1.29, 1.82) is 0 Å². The Bertz CT molecular complexity index is 995. The molecule has 0 aliphatic heterocycles. The second-order valence-electron chi connectivity index (χ2n) is 7.86. The summed E-state index contributed by atoms with van der Waals surface area (Å²) in [6, 6.07) is 24.6. The van der Waals surface area contributed by atoms with Crippen LogP contribution in [0.15, 0.2) is 78.9 Å². The Hall–Kier alpha value is -2.55. The van der Waals surface area contributed by atoms with Gasteiger partial charge in [0, 0.05) is 5.41 Å². The number of hydrogen-bond donors (Lipinski definition) is 1. The first-order valence-electron chi connectivity index (χ1n) is 9.66. The van der Waals surface area contributed by atoms with Crippen LogP contribution in [-0.2, 0) is 9.98 Å². The van der Waals surface area contributed by atoms with Crippen LogP contribution < -0.4 is 9.05 Å². The monoisotopic (exact) mass is 410 g/mol. The highest BCUT2D eigenvalue weighted by molar-refractivity contribution is 7.48. The van der Waals surface area contributed by atoms with E-state index in [4.69, 9.17) is 9.05 Å². The van der Waals surface area contributed by atoms with E-state index in [9.17, 15) is 9.46 Å². The number of hydrogen-bond acceptors (Lipinski definition) is 3. The molecule has 152 valence electrons. The van der Waals surface area contributed by atoms with Gasteiger partial charge in [-0.1, -0.05) is 88.4 Å². The fraction of sp³-hybridized carbons (Fsp3) is 0.250. The number of phosphoric ester groups is 1. The average molecular weight is 410 g/mol. The quantitative estimate of drug-likeness (QED) is 0.441. The normalized spacial score (nSPS) is 13.7. The van der Waals surface area contributed by atoms with Gasteiger partial charge in [-0.15, -0.1) is 0 Å². The summed E-state index contributed by atoms with van der Waals surface area (Å²) < 4.78 is 23.2. The third-order valence-electron chi connectivity index (χ3n) is 5.05. The lowest BCUT2D eigenvalue weighted by Gasteiger charge is -2.26. The summed E-state index contributed by atoms with van der Waals surface area (Å²) in [5.74, 6) is 0.798. The molecule has 4 nitrogen and oxygen atoms in total. The van der Waals surface area contributed by atoms with Crippen LogP contribution in [0.25, 0.3) is 0 Å². The van der Waals surface area contributed by atoms with Gasteiger partial charge in [0.2, 0.25) is 0 Å². The smallest absolute Gasteiger partial charge is 0.395 e. The number of rotatable bonds is 7. The van der Waals surface area contributed by atoms with Crippen LogP contribution in [-0.4, -0.2) is 4.89 Å². The van der Waals surface area contributed by atoms with Crippen LogP contribution >= 0.6 is 7.82 Å². The minimum Gasteiger partial charge on any atom is -0.395 e. The van der Waals surface area contributed by atoms with E-state index in [2.05, 4.69) is 26.0 Å². The van der Waals surface area contributed by atoms with Crippen molar-refractivity contribution in [3.05, 3.63) is 95.6 Å². The van der Waals surface area contributed by atoms with Gasteiger partial charge in [0.15, 0.2) is 0 Å². The Balaban J connectivity index is 1.76. The van der Waals surface area contributed by atoms with E-state index in [1.807, 2.05) is 56.3 Å². The van der Waals surface area contributed by atoms with Gasteiger partial charge < -0.3 is 9.05 Å². The Morgan fingerprint density at radius 3 is 1.97 bits per heavy atom. The topological polar surface area (TPSA) is 55.8 Å². The maximum atomic E-state index is 12.5. The molecule has 0 aromatic heterocycles. The van der Waals surface area contributed by atoms with Gasteiger partial charge in [-0.05, 0) is 40.8 Å². The molecule has 0 heterocycles. The molecular weight excluding hydrogens is 383 g/mol. The zero-order valence-corrected chi connectivity index (χ0v) is 18.1. The molecule has 3 aromatic rings. The summed E-state index contributed by atoms with van der Waals surface area (Å²) >= 11 is 0. The highest BCUT2D eigenvalue weighted by atomic mass is 31.2. The summed E-state index contributed by atoms with van der Waals surface area (Å²) in [6.07, 6.45) is 0. The van der Waals surface area contributed by atoms with Crippen molar-refractivity contribution in [2.45, 2.75) is 39.0 Å². The molecule has 0 aliphatic carbocycles. The largest absolute Gasteiger partial charge is 0.584 e. The minimum absolute atomic E-state index is 0.158. The van der Waals surface area contributed by atoms with Crippen LogP contribution in [0.4, 0.5) is 0 Å². The highest BCUT2D eigenvalue weighted by Crippen LogP contribution is 2.46. The van der Waals surface area contributed by atoms with Gasteiger partial charge in [-0.2, -0.15) is 0 Å². The van der Waals surface area contributed by atoms with Crippen LogP contribution in [0.3, 0.4) is 0 Å². The summed E-state index contributed by atoms with van der Waals surface area (Å²) in [6.45, 7) is 8.28. The molecular formula is C24H27O4P. The van der Waals surface area contributed by atoms with Gasteiger partial charge >= 0.3 is 7.82 Å². The predicted molar refractivity (Wildman–Crippen MR) is 117 cm³/mol. The van der Waals surface area contributed by atoms with Crippen molar-refractivity contribution < 1.29 is 18.5 Å². The van der Waals surface area contributed by atoms with Crippen molar-refractivity contribution in [1.82, 2.24) is 0 Å².